The summed E-state index contributed by atoms with van der Waals surface area (Å²) in [4.78, 5) is 17.8. The zero-order valence-electron chi connectivity index (χ0n) is 6.65. The van der Waals surface area contributed by atoms with Gasteiger partial charge in [-0.1, -0.05) is 0 Å². The lowest BCUT2D eigenvalue weighted by atomic mass is 10.3. The van der Waals surface area contributed by atoms with Crippen molar-refractivity contribution in [1.29, 1.82) is 0 Å². The van der Waals surface area contributed by atoms with Crippen LogP contribution in [0.5, 0.6) is 0 Å². The molecule has 2 aromatic heterocycles. The zero-order valence-corrected chi connectivity index (χ0v) is 7.47. The van der Waals surface area contributed by atoms with Crippen molar-refractivity contribution in [2.24, 2.45) is 5.73 Å². The highest BCUT2D eigenvalue weighted by Gasteiger charge is 2.08. The lowest BCUT2D eigenvalue weighted by Gasteiger charge is -1.87. The Balaban J connectivity index is 2.39. The predicted molar refractivity (Wildman–Crippen MR) is 50.4 cm³/mol. The molecule has 0 aliphatic rings. The van der Waals surface area contributed by atoms with Crippen LogP contribution in [-0.4, -0.2) is 15.9 Å². The number of thiazole rings is 1. The molecule has 5 heteroatoms. The molecule has 0 saturated heterocycles. The van der Waals surface area contributed by atoms with Crippen molar-refractivity contribution >= 4 is 17.2 Å². The van der Waals surface area contributed by atoms with Crippen LogP contribution in [0, 0.1) is 0 Å². The Morgan fingerprint density at radius 3 is 3.00 bits per heavy atom. The van der Waals surface area contributed by atoms with E-state index >= 15 is 0 Å². The molecule has 2 heterocycles. The van der Waals surface area contributed by atoms with Gasteiger partial charge in [0, 0.05) is 11.6 Å². The molecular weight excluding hydrogens is 186 g/mol. The van der Waals surface area contributed by atoms with Crippen LogP contribution in [0.2, 0.25) is 0 Å². The van der Waals surface area contributed by atoms with Gasteiger partial charge in [0.1, 0.15) is 0 Å². The topological polar surface area (TPSA) is 71.8 Å². The molecule has 0 fully saturated rings. The smallest absolute Gasteiger partial charge is 0.277 e. The van der Waals surface area contributed by atoms with Gasteiger partial charge in [0.15, 0.2) is 5.01 Å². The van der Waals surface area contributed by atoms with Gasteiger partial charge in [-0.25, -0.2) is 4.98 Å². The number of H-pyrrole nitrogens is 1. The molecule has 0 radical (unpaired) electrons. The minimum Gasteiger partial charge on any atom is -0.364 e. The summed E-state index contributed by atoms with van der Waals surface area (Å²) in [5.74, 6) is -0.484. The van der Waals surface area contributed by atoms with E-state index in [0.717, 1.165) is 11.4 Å². The van der Waals surface area contributed by atoms with E-state index in [-0.39, 0.29) is 0 Å². The lowest BCUT2D eigenvalue weighted by Crippen LogP contribution is -2.10. The maximum atomic E-state index is 10.7. The highest BCUT2D eigenvalue weighted by atomic mass is 32.1. The molecule has 4 nitrogen and oxygen atoms in total. The van der Waals surface area contributed by atoms with Gasteiger partial charge < -0.3 is 10.7 Å². The van der Waals surface area contributed by atoms with Crippen molar-refractivity contribution in [2.75, 3.05) is 0 Å². The van der Waals surface area contributed by atoms with E-state index in [0.29, 0.717) is 5.01 Å². The van der Waals surface area contributed by atoms with Gasteiger partial charge in [-0.2, -0.15) is 0 Å². The molecule has 2 aromatic rings. The molecule has 1 amide bonds. The summed E-state index contributed by atoms with van der Waals surface area (Å²) in [5.41, 5.74) is 6.73. The summed E-state index contributed by atoms with van der Waals surface area (Å²) < 4.78 is 0. The van der Waals surface area contributed by atoms with Crippen molar-refractivity contribution < 1.29 is 4.79 Å². The van der Waals surface area contributed by atoms with E-state index in [1.54, 1.807) is 11.6 Å². The number of aromatic amines is 1. The first-order valence-electron chi connectivity index (χ1n) is 3.66. The summed E-state index contributed by atoms with van der Waals surface area (Å²) in [6, 6.07) is 3.76. The highest BCUT2D eigenvalue weighted by Crippen LogP contribution is 2.19. The molecule has 0 aliphatic heterocycles. The van der Waals surface area contributed by atoms with E-state index in [2.05, 4.69) is 9.97 Å². The first-order chi connectivity index (χ1) is 6.27. The number of nitrogens with two attached hydrogens (primary N) is 1. The number of aromatic nitrogens is 2. The van der Waals surface area contributed by atoms with Crippen molar-refractivity contribution in [2.45, 2.75) is 0 Å². The van der Waals surface area contributed by atoms with Gasteiger partial charge in [0.05, 0.1) is 11.4 Å². The number of carbonyl (C=O) groups is 1. The minimum absolute atomic E-state index is 0.338. The fourth-order valence-corrected chi connectivity index (χ4v) is 1.67. The first kappa shape index (κ1) is 8.00. The SMILES string of the molecule is NC(=O)c1nc(-c2ccc[nH]2)cs1. The number of primary amides is 1. The summed E-state index contributed by atoms with van der Waals surface area (Å²) in [7, 11) is 0. The summed E-state index contributed by atoms with van der Waals surface area (Å²) in [6.07, 6.45) is 1.80. The van der Waals surface area contributed by atoms with Crippen molar-refractivity contribution in [3.63, 3.8) is 0 Å². The van der Waals surface area contributed by atoms with E-state index in [1.807, 2.05) is 12.1 Å². The third kappa shape index (κ3) is 1.46. The summed E-state index contributed by atoms with van der Waals surface area (Å²) >= 11 is 1.25. The second kappa shape index (κ2) is 3.02. The third-order valence-corrected chi connectivity index (χ3v) is 2.45. The second-order valence-corrected chi connectivity index (χ2v) is 3.34. The Kier molecular flexibility index (Phi) is 1.86. The highest BCUT2D eigenvalue weighted by molar-refractivity contribution is 7.12. The van der Waals surface area contributed by atoms with Crippen molar-refractivity contribution in [1.82, 2.24) is 9.97 Å². The van der Waals surface area contributed by atoms with Crippen LogP contribution < -0.4 is 5.73 Å². The Bertz CT molecular complexity index is 418. The van der Waals surface area contributed by atoms with Crippen LogP contribution in [0.25, 0.3) is 11.4 Å². The minimum atomic E-state index is -0.484. The summed E-state index contributed by atoms with van der Waals surface area (Å²) in [5, 5.41) is 2.14. The Morgan fingerprint density at radius 1 is 1.62 bits per heavy atom. The molecule has 0 spiro atoms. The maximum absolute atomic E-state index is 10.7. The van der Waals surface area contributed by atoms with Gasteiger partial charge in [0.25, 0.3) is 5.91 Å². The van der Waals surface area contributed by atoms with Gasteiger partial charge in [0.2, 0.25) is 0 Å². The largest absolute Gasteiger partial charge is 0.364 e. The monoisotopic (exact) mass is 193 g/mol. The summed E-state index contributed by atoms with van der Waals surface area (Å²) in [6.45, 7) is 0. The molecule has 0 saturated carbocycles. The third-order valence-electron chi connectivity index (χ3n) is 1.59. The number of carbonyl (C=O) groups excluding carboxylic acids is 1. The predicted octanol–water partition coefficient (Wildman–Crippen LogP) is 1.24. The zero-order chi connectivity index (χ0) is 9.26. The van der Waals surface area contributed by atoms with E-state index in [1.165, 1.54) is 11.3 Å². The van der Waals surface area contributed by atoms with Crippen molar-refractivity contribution in [3.05, 3.63) is 28.7 Å². The number of hydrogen-bond donors (Lipinski definition) is 2. The normalized spacial score (nSPS) is 10.2. The molecule has 0 atom stereocenters. The quantitative estimate of drug-likeness (QED) is 0.753. The van der Waals surface area contributed by atoms with Crippen LogP contribution in [0.4, 0.5) is 0 Å². The first-order valence-corrected chi connectivity index (χ1v) is 4.54. The number of nitrogens with zero attached hydrogens (tertiary/aromatic N) is 1. The van der Waals surface area contributed by atoms with Gasteiger partial charge in [-0.05, 0) is 12.1 Å². The molecule has 66 valence electrons. The molecule has 0 aliphatic carbocycles. The molecule has 0 unspecified atom stereocenters. The van der Waals surface area contributed by atoms with Crippen LogP contribution >= 0.6 is 11.3 Å². The Morgan fingerprint density at radius 2 is 2.46 bits per heavy atom. The number of rotatable bonds is 2. The molecule has 13 heavy (non-hydrogen) atoms. The van der Waals surface area contributed by atoms with Gasteiger partial charge in [-0.15, -0.1) is 11.3 Å². The molecular formula is C8H7N3OS. The van der Waals surface area contributed by atoms with E-state index in [9.17, 15) is 4.79 Å². The number of hydrogen-bond acceptors (Lipinski definition) is 3. The van der Waals surface area contributed by atoms with E-state index < -0.39 is 5.91 Å². The van der Waals surface area contributed by atoms with Gasteiger partial charge >= 0.3 is 0 Å². The number of nitrogens with one attached hydrogen (secondary N) is 1. The van der Waals surface area contributed by atoms with Crippen LogP contribution in [-0.2, 0) is 0 Å². The fourth-order valence-electron chi connectivity index (χ4n) is 1.00. The Hall–Kier alpha value is -1.62. The molecule has 0 aromatic carbocycles. The van der Waals surface area contributed by atoms with Gasteiger partial charge in [-0.3, -0.25) is 4.79 Å². The van der Waals surface area contributed by atoms with Crippen LogP contribution in [0.3, 0.4) is 0 Å². The van der Waals surface area contributed by atoms with Crippen molar-refractivity contribution in [3.8, 4) is 11.4 Å². The molecule has 0 bridgehead atoms. The fraction of sp³-hybridized carbons (Fsp3) is 0. The maximum Gasteiger partial charge on any atom is 0.277 e. The second-order valence-electron chi connectivity index (χ2n) is 2.49. The molecule has 3 N–H and O–H groups in total. The lowest BCUT2D eigenvalue weighted by molar-refractivity contribution is 0.1000. The van der Waals surface area contributed by atoms with Crippen LogP contribution in [0.15, 0.2) is 23.7 Å². The van der Waals surface area contributed by atoms with E-state index in [4.69, 9.17) is 5.73 Å². The Labute approximate surface area is 78.4 Å². The average molecular weight is 193 g/mol. The average Bonchev–Trinajstić information content (AvgIpc) is 2.75. The standard InChI is InChI=1S/C8H7N3OS/c9-7(12)8-11-6(4-13-8)5-2-1-3-10-5/h1-4,10H,(H2,9,12). The molecule has 2 rings (SSSR count). The number of amides is 1. The van der Waals surface area contributed by atoms with Crippen LogP contribution in [0.1, 0.15) is 9.80 Å².